The van der Waals surface area contributed by atoms with Gasteiger partial charge in [-0.15, -0.1) is 0 Å². The van der Waals surface area contributed by atoms with Crippen LogP contribution in [0.4, 0.5) is 5.69 Å². The second-order valence-electron chi connectivity index (χ2n) is 4.84. The lowest BCUT2D eigenvalue weighted by Gasteiger charge is -2.11. The van der Waals surface area contributed by atoms with Crippen molar-refractivity contribution >= 4 is 45.8 Å². The van der Waals surface area contributed by atoms with Crippen molar-refractivity contribution in [3.63, 3.8) is 0 Å². The number of halogens is 2. The van der Waals surface area contributed by atoms with Gasteiger partial charge in [0.05, 0.1) is 0 Å². The quantitative estimate of drug-likeness (QED) is 0.724. The minimum absolute atomic E-state index is 0.00276. The number of nitrogens with two attached hydrogens (primary N) is 1. The van der Waals surface area contributed by atoms with Crippen LogP contribution < -0.4 is 10.6 Å². The van der Waals surface area contributed by atoms with Crippen LogP contribution in [0.15, 0.2) is 48.5 Å². The Morgan fingerprint density at radius 3 is 2.43 bits per heavy atom. The summed E-state index contributed by atoms with van der Waals surface area (Å²) in [5, 5.41) is 5.62. The van der Waals surface area contributed by atoms with Gasteiger partial charge in [-0.2, -0.15) is 0 Å². The SMILES string of the molecule is C[C@H]([NH2+]CC(=O)Nc1ccc(I)cc1)c1ccc(Cl)cc1. The summed E-state index contributed by atoms with van der Waals surface area (Å²) in [6.45, 7) is 2.46. The van der Waals surface area contributed by atoms with Crippen LogP contribution in [0.25, 0.3) is 0 Å². The first-order chi connectivity index (χ1) is 10.0. The molecule has 5 heteroatoms. The molecule has 2 aromatic rings. The summed E-state index contributed by atoms with van der Waals surface area (Å²) in [5.74, 6) is -0.00276. The molecule has 0 heterocycles. The molecule has 0 bridgehead atoms. The molecule has 0 fully saturated rings. The topological polar surface area (TPSA) is 45.7 Å². The third-order valence-corrected chi connectivity index (χ3v) is 4.15. The number of carbonyl (C=O) groups excluding carboxylic acids is 1. The maximum Gasteiger partial charge on any atom is 0.279 e. The van der Waals surface area contributed by atoms with Crippen LogP contribution >= 0.6 is 34.2 Å². The highest BCUT2D eigenvalue weighted by Crippen LogP contribution is 2.13. The van der Waals surface area contributed by atoms with E-state index in [-0.39, 0.29) is 11.9 Å². The molecule has 0 spiro atoms. The maximum absolute atomic E-state index is 11.9. The molecule has 1 atom stereocenters. The average molecular weight is 416 g/mol. The minimum Gasteiger partial charge on any atom is -0.333 e. The first-order valence-electron chi connectivity index (χ1n) is 6.69. The molecule has 21 heavy (non-hydrogen) atoms. The van der Waals surface area contributed by atoms with E-state index in [2.05, 4.69) is 34.8 Å². The van der Waals surface area contributed by atoms with Crippen molar-refractivity contribution in [2.75, 3.05) is 11.9 Å². The predicted molar refractivity (Wildman–Crippen MR) is 94.4 cm³/mol. The van der Waals surface area contributed by atoms with Crippen molar-refractivity contribution < 1.29 is 10.1 Å². The number of nitrogens with one attached hydrogen (secondary N) is 1. The predicted octanol–water partition coefficient (Wildman–Crippen LogP) is 3.21. The van der Waals surface area contributed by atoms with E-state index >= 15 is 0 Å². The van der Waals surface area contributed by atoms with Crippen molar-refractivity contribution in [3.05, 3.63) is 62.7 Å². The highest BCUT2D eigenvalue weighted by atomic mass is 127. The highest BCUT2D eigenvalue weighted by molar-refractivity contribution is 14.1. The number of rotatable bonds is 5. The van der Waals surface area contributed by atoms with Crippen LogP contribution in [0.5, 0.6) is 0 Å². The van der Waals surface area contributed by atoms with Gasteiger partial charge in [-0.25, -0.2) is 0 Å². The van der Waals surface area contributed by atoms with Crippen LogP contribution in [0.2, 0.25) is 5.02 Å². The number of benzene rings is 2. The Kier molecular flexibility index (Phi) is 6.02. The van der Waals surface area contributed by atoms with Gasteiger partial charge < -0.3 is 10.6 Å². The summed E-state index contributed by atoms with van der Waals surface area (Å²) in [7, 11) is 0. The number of quaternary nitrogens is 1. The first kappa shape index (κ1) is 16.3. The van der Waals surface area contributed by atoms with Crippen molar-refractivity contribution in [1.29, 1.82) is 0 Å². The van der Waals surface area contributed by atoms with E-state index in [4.69, 9.17) is 11.6 Å². The molecular formula is C16H17ClIN2O+. The average Bonchev–Trinajstić information content (AvgIpc) is 2.48. The molecule has 2 rings (SSSR count). The number of hydrogen-bond acceptors (Lipinski definition) is 1. The van der Waals surface area contributed by atoms with Gasteiger partial charge >= 0.3 is 0 Å². The van der Waals surface area contributed by atoms with Crippen LogP contribution in [-0.2, 0) is 4.79 Å². The first-order valence-corrected chi connectivity index (χ1v) is 8.14. The van der Waals surface area contributed by atoms with E-state index < -0.39 is 0 Å². The van der Waals surface area contributed by atoms with Crippen molar-refractivity contribution in [2.24, 2.45) is 0 Å². The van der Waals surface area contributed by atoms with Gasteiger partial charge in [0.1, 0.15) is 6.04 Å². The molecule has 0 aliphatic carbocycles. The van der Waals surface area contributed by atoms with Crippen LogP contribution in [0.1, 0.15) is 18.5 Å². The Hall–Kier alpha value is -1.11. The molecular weight excluding hydrogens is 399 g/mol. The summed E-state index contributed by atoms with van der Waals surface area (Å²) in [6.07, 6.45) is 0. The molecule has 3 nitrogen and oxygen atoms in total. The summed E-state index contributed by atoms with van der Waals surface area (Å²) in [5.41, 5.74) is 1.98. The van der Waals surface area contributed by atoms with Gasteiger partial charge in [-0.1, -0.05) is 23.7 Å². The van der Waals surface area contributed by atoms with E-state index in [1.165, 1.54) is 0 Å². The van der Waals surface area contributed by atoms with Crippen LogP contribution in [0, 0.1) is 3.57 Å². The van der Waals surface area contributed by atoms with E-state index in [0.717, 1.165) is 19.8 Å². The highest BCUT2D eigenvalue weighted by Gasteiger charge is 2.11. The molecule has 0 saturated carbocycles. The molecule has 0 unspecified atom stereocenters. The van der Waals surface area contributed by atoms with Crippen LogP contribution in [0.3, 0.4) is 0 Å². The molecule has 3 N–H and O–H groups in total. The Bertz CT molecular complexity index is 599. The van der Waals surface area contributed by atoms with Gasteiger partial charge in [-0.05, 0) is 65.9 Å². The zero-order valence-electron chi connectivity index (χ0n) is 11.6. The molecule has 110 valence electrons. The van der Waals surface area contributed by atoms with E-state index in [1.807, 2.05) is 53.8 Å². The van der Waals surface area contributed by atoms with E-state index in [1.54, 1.807) is 0 Å². The second kappa shape index (κ2) is 7.77. The lowest BCUT2D eigenvalue weighted by Crippen LogP contribution is -2.86. The zero-order chi connectivity index (χ0) is 15.2. The number of carbonyl (C=O) groups is 1. The summed E-state index contributed by atoms with van der Waals surface area (Å²) in [4.78, 5) is 11.9. The van der Waals surface area contributed by atoms with Crippen molar-refractivity contribution in [1.82, 2.24) is 0 Å². The van der Waals surface area contributed by atoms with Gasteiger partial charge in [0.25, 0.3) is 5.91 Å². The largest absolute Gasteiger partial charge is 0.333 e. The molecule has 0 saturated heterocycles. The lowest BCUT2D eigenvalue weighted by molar-refractivity contribution is -0.682. The van der Waals surface area contributed by atoms with Gasteiger partial charge in [0.15, 0.2) is 6.54 Å². The molecule has 0 aromatic heterocycles. The monoisotopic (exact) mass is 415 g/mol. The molecule has 2 aromatic carbocycles. The number of hydrogen-bond donors (Lipinski definition) is 2. The van der Waals surface area contributed by atoms with Crippen molar-refractivity contribution in [2.45, 2.75) is 13.0 Å². The summed E-state index contributed by atoms with van der Waals surface area (Å²) >= 11 is 8.11. The minimum atomic E-state index is -0.00276. The smallest absolute Gasteiger partial charge is 0.279 e. The standard InChI is InChI=1S/C16H16ClIN2O/c1-11(12-2-4-13(17)5-3-12)19-10-16(21)20-15-8-6-14(18)7-9-15/h2-9,11,19H,10H2,1H3,(H,20,21)/p+1/t11-/m0/s1. The fourth-order valence-corrected chi connectivity index (χ4v) is 2.42. The molecule has 0 aliphatic heterocycles. The summed E-state index contributed by atoms with van der Waals surface area (Å²) < 4.78 is 1.15. The molecule has 0 aliphatic rings. The normalized spacial score (nSPS) is 12.0. The van der Waals surface area contributed by atoms with Gasteiger partial charge in [-0.3, -0.25) is 4.79 Å². The van der Waals surface area contributed by atoms with Gasteiger partial charge in [0, 0.05) is 19.8 Å². The van der Waals surface area contributed by atoms with Crippen molar-refractivity contribution in [3.8, 4) is 0 Å². The third kappa shape index (κ3) is 5.30. The molecule has 0 radical (unpaired) electrons. The fourth-order valence-electron chi connectivity index (χ4n) is 1.93. The third-order valence-electron chi connectivity index (χ3n) is 3.18. The van der Waals surface area contributed by atoms with Crippen LogP contribution in [-0.4, -0.2) is 12.5 Å². The Morgan fingerprint density at radius 2 is 1.81 bits per heavy atom. The van der Waals surface area contributed by atoms with Gasteiger partial charge in [0.2, 0.25) is 0 Å². The van der Waals surface area contributed by atoms with E-state index in [0.29, 0.717) is 6.54 Å². The second-order valence-corrected chi connectivity index (χ2v) is 6.52. The molecule has 1 amide bonds. The summed E-state index contributed by atoms with van der Waals surface area (Å²) in [6, 6.07) is 15.7. The fraction of sp³-hybridized carbons (Fsp3) is 0.188. The lowest BCUT2D eigenvalue weighted by atomic mass is 10.1. The Balaban J connectivity index is 1.83. The number of amides is 1. The Labute approximate surface area is 143 Å². The zero-order valence-corrected chi connectivity index (χ0v) is 14.6. The maximum atomic E-state index is 11.9. The van der Waals surface area contributed by atoms with E-state index in [9.17, 15) is 4.79 Å². The number of anilines is 1. The Morgan fingerprint density at radius 1 is 1.19 bits per heavy atom.